The molecule has 0 saturated heterocycles. The van der Waals surface area contributed by atoms with Gasteiger partial charge >= 0.3 is 0 Å². The molecule has 114 valence electrons. The van der Waals surface area contributed by atoms with Crippen LogP contribution in [-0.4, -0.2) is 17.9 Å². The molecule has 23 heavy (non-hydrogen) atoms. The zero-order valence-electron chi connectivity index (χ0n) is 12.6. The molecule has 0 aliphatic carbocycles. The smallest absolute Gasteiger partial charge is 0.255 e. The summed E-state index contributed by atoms with van der Waals surface area (Å²) in [6.07, 6.45) is -0.244. The van der Waals surface area contributed by atoms with Crippen LogP contribution >= 0.6 is 11.3 Å². The fourth-order valence-corrected chi connectivity index (χ4v) is 3.65. The molecule has 1 aliphatic heterocycles. The molecule has 3 aromatic rings. The molecular formula is C18H15N3OS. The summed E-state index contributed by atoms with van der Waals surface area (Å²) in [5.41, 5.74) is 3.58. The highest BCUT2D eigenvalue weighted by Gasteiger charge is 2.30. The second kappa shape index (κ2) is 5.52. The van der Waals surface area contributed by atoms with E-state index in [4.69, 9.17) is 4.98 Å². The average Bonchev–Trinajstić information content (AvgIpc) is 3.09. The van der Waals surface area contributed by atoms with E-state index in [1.165, 1.54) is 0 Å². The Balaban J connectivity index is 1.70. The van der Waals surface area contributed by atoms with E-state index in [9.17, 15) is 4.79 Å². The fraction of sp³-hybridized carbons (Fsp3) is 0.111. The van der Waals surface area contributed by atoms with Crippen LogP contribution in [0.15, 0.2) is 60.0 Å². The Morgan fingerprint density at radius 1 is 1.09 bits per heavy atom. The molecule has 0 spiro atoms. The number of benzene rings is 2. The number of carbonyl (C=O) groups is 1. The van der Waals surface area contributed by atoms with Gasteiger partial charge in [-0.3, -0.25) is 4.79 Å². The predicted octanol–water partition coefficient (Wildman–Crippen LogP) is 3.69. The molecule has 1 amide bonds. The van der Waals surface area contributed by atoms with Crippen LogP contribution in [0.4, 0.5) is 5.69 Å². The van der Waals surface area contributed by atoms with Crippen LogP contribution in [0.1, 0.15) is 22.2 Å². The minimum Gasteiger partial charge on any atom is -0.349 e. The molecule has 0 fully saturated rings. The molecule has 1 unspecified atom stereocenters. The zero-order chi connectivity index (χ0) is 15.8. The first-order chi connectivity index (χ1) is 11.2. The molecule has 2 aromatic carbocycles. The number of fused-ring (bicyclic) bond motifs is 1. The van der Waals surface area contributed by atoms with E-state index < -0.39 is 0 Å². The van der Waals surface area contributed by atoms with E-state index in [0.29, 0.717) is 5.56 Å². The third-order valence-electron chi connectivity index (χ3n) is 4.01. The SMILES string of the molecule is CN1c2ccccc2C(=O)NC1c1csc(-c2ccccc2)n1. The second-order valence-corrected chi connectivity index (χ2v) is 6.31. The molecule has 5 heteroatoms. The molecule has 4 nitrogen and oxygen atoms in total. The number of rotatable bonds is 2. The topological polar surface area (TPSA) is 45.2 Å². The molecular weight excluding hydrogens is 306 g/mol. The van der Waals surface area contributed by atoms with Crippen molar-refractivity contribution in [3.8, 4) is 10.6 Å². The number of nitrogens with zero attached hydrogens (tertiary/aromatic N) is 2. The van der Waals surface area contributed by atoms with Gasteiger partial charge in [-0.05, 0) is 12.1 Å². The molecule has 1 aromatic heterocycles. The van der Waals surface area contributed by atoms with Crippen LogP contribution in [0.3, 0.4) is 0 Å². The first-order valence-corrected chi connectivity index (χ1v) is 8.25. The third-order valence-corrected chi connectivity index (χ3v) is 4.92. The van der Waals surface area contributed by atoms with Crippen molar-refractivity contribution in [2.75, 3.05) is 11.9 Å². The van der Waals surface area contributed by atoms with E-state index >= 15 is 0 Å². The van der Waals surface area contributed by atoms with E-state index in [1.54, 1.807) is 11.3 Å². The first-order valence-electron chi connectivity index (χ1n) is 7.37. The Bertz CT molecular complexity index is 859. The normalized spacial score (nSPS) is 16.8. The van der Waals surface area contributed by atoms with Crippen molar-refractivity contribution in [2.45, 2.75) is 6.17 Å². The predicted molar refractivity (Wildman–Crippen MR) is 92.6 cm³/mol. The Hall–Kier alpha value is -2.66. The number of para-hydroxylation sites is 1. The molecule has 1 aliphatic rings. The van der Waals surface area contributed by atoms with E-state index in [-0.39, 0.29) is 12.1 Å². The minimum atomic E-state index is -0.244. The van der Waals surface area contributed by atoms with Crippen molar-refractivity contribution in [2.24, 2.45) is 0 Å². The van der Waals surface area contributed by atoms with Gasteiger partial charge in [-0.25, -0.2) is 4.98 Å². The number of nitrogens with one attached hydrogen (secondary N) is 1. The Kier molecular flexibility index (Phi) is 3.35. The first kappa shape index (κ1) is 14.0. The maximum atomic E-state index is 12.3. The monoisotopic (exact) mass is 321 g/mol. The van der Waals surface area contributed by atoms with Gasteiger partial charge in [-0.15, -0.1) is 11.3 Å². The lowest BCUT2D eigenvalue weighted by Crippen LogP contribution is -2.44. The fourth-order valence-electron chi connectivity index (χ4n) is 2.81. The highest BCUT2D eigenvalue weighted by molar-refractivity contribution is 7.13. The van der Waals surface area contributed by atoms with E-state index in [0.717, 1.165) is 22.0 Å². The Morgan fingerprint density at radius 3 is 2.65 bits per heavy atom. The Morgan fingerprint density at radius 2 is 1.83 bits per heavy atom. The number of carbonyl (C=O) groups excluding carboxylic acids is 1. The maximum Gasteiger partial charge on any atom is 0.255 e. The number of anilines is 1. The number of thiazole rings is 1. The van der Waals surface area contributed by atoms with E-state index in [1.807, 2.05) is 67.0 Å². The zero-order valence-corrected chi connectivity index (χ0v) is 13.4. The van der Waals surface area contributed by atoms with Crippen LogP contribution in [-0.2, 0) is 0 Å². The average molecular weight is 321 g/mol. The van der Waals surface area contributed by atoms with Crippen molar-refractivity contribution >= 4 is 22.9 Å². The van der Waals surface area contributed by atoms with Gasteiger partial charge in [0.1, 0.15) is 11.2 Å². The standard InChI is InChI=1S/C18H15N3OS/c1-21-15-10-6-5-9-13(15)17(22)20-16(21)14-11-23-18(19-14)12-7-3-2-4-8-12/h2-11,16H,1H3,(H,20,22). The summed E-state index contributed by atoms with van der Waals surface area (Å²) in [4.78, 5) is 19.1. The van der Waals surface area contributed by atoms with Crippen LogP contribution in [0.2, 0.25) is 0 Å². The van der Waals surface area contributed by atoms with Crippen molar-refractivity contribution < 1.29 is 4.79 Å². The van der Waals surface area contributed by atoms with Crippen molar-refractivity contribution in [3.05, 3.63) is 71.2 Å². The minimum absolute atomic E-state index is 0.0574. The van der Waals surface area contributed by atoms with Gasteiger partial charge in [0.2, 0.25) is 0 Å². The van der Waals surface area contributed by atoms with Crippen LogP contribution in [0.25, 0.3) is 10.6 Å². The van der Waals surface area contributed by atoms with Crippen molar-refractivity contribution in [1.82, 2.24) is 10.3 Å². The number of hydrogen-bond acceptors (Lipinski definition) is 4. The summed E-state index contributed by atoms with van der Waals surface area (Å²) in [5, 5.41) is 6.01. The van der Waals surface area contributed by atoms with Gasteiger partial charge in [-0.1, -0.05) is 42.5 Å². The number of hydrogen-bond donors (Lipinski definition) is 1. The maximum absolute atomic E-state index is 12.3. The van der Waals surface area contributed by atoms with Crippen LogP contribution in [0.5, 0.6) is 0 Å². The van der Waals surface area contributed by atoms with Crippen molar-refractivity contribution in [1.29, 1.82) is 0 Å². The summed E-state index contributed by atoms with van der Waals surface area (Å²) < 4.78 is 0. The van der Waals surface area contributed by atoms with Crippen LogP contribution in [0, 0.1) is 0 Å². The van der Waals surface area contributed by atoms with Crippen molar-refractivity contribution in [3.63, 3.8) is 0 Å². The molecule has 4 rings (SSSR count). The lowest BCUT2D eigenvalue weighted by Gasteiger charge is -2.35. The molecule has 0 radical (unpaired) electrons. The second-order valence-electron chi connectivity index (χ2n) is 5.45. The molecule has 1 atom stereocenters. The summed E-state index contributed by atoms with van der Waals surface area (Å²) in [7, 11) is 1.98. The molecule has 1 N–H and O–H groups in total. The largest absolute Gasteiger partial charge is 0.349 e. The van der Waals surface area contributed by atoms with Crippen LogP contribution < -0.4 is 10.2 Å². The number of aromatic nitrogens is 1. The van der Waals surface area contributed by atoms with Gasteiger partial charge in [0.05, 0.1) is 16.9 Å². The molecule has 0 saturated carbocycles. The van der Waals surface area contributed by atoms with Gasteiger partial charge in [0.25, 0.3) is 5.91 Å². The lowest BCUT2D eigenvalue weighted by atomic mass is 10.1. The summed E-state index contributed by atoms with van der Waals surface area (Å²) in [6, 6.07) is 17.7. The highest BCUT2D eigenvalue weighted by Crippen LogP contribution is 2.33. The molecule has 2 heterocycles. The molecule has 0 bridgehead atoms. The lowest BCUT2D eigenvalue weighted by molar-refractivity contribution is 0.0927. The summed E-state index contributed by atoms with van der Waals surface area (Å²) >= 11 is 1.59. The number of amides is 1. The van der Waals surface area contributed by atoms with Gasteiger partial charge in [-0.2, -0.15) is 0 Å². The summed E-state index contributed by atoms with van der Waals surface area (Å²) in [5.74, 6) is -0.0574. The summed E-state index contributed by atoms with van der Waals surface area (Å²) in [6.45, 7) is 0. The quantitative estimate of drug-likeness (QED) is 0.783. The van der Waals surface area contributed by atoms with Gasteiger partial charge in [0.15, 0.2) is 0 Å². The van der Waals surface area contributed by atoms with Gasteiger partial charge < -0.3 is 10.2 Å². The van der Waals surface area contributed by atoms with E-state index in [2.05, 4.69) is 10.2 Å². The highest BCUT2D eigenvalue weighted by atomic mass is 32.1. The Labute approximate surface area is 138 Å². The third kappa shape index (κ3) is 2.39. The van der Waals surface area contributed by atoms with Gasteiger partial charge in [0, 0.05) is 18.0 Å².